The zero-order valence-electron chi connectivity index (χ0n) is 12.6. The maximum absolute atomic E-state index is 12.8. The fourth-order valence-corrected chi connectivity index (χ4v) is 2.73. The summed E-state index contributed by atoms with van der Waals surface area (Å²) in [5.74, 6) is 0.112. The smallest absolute Gasteiger partial charge is 0.248 e. The first-order valence-electron chi connectivity index (χ1n) is 7.39. The summed E-state index contributed by atoms with van der Waals surface area (Å²) in [6, 6.07) is 6.80. The van der Waals surface area contributed by atoms with E-state index in [1.54, 1.807) is 29.2 Å². The van der Waals surface area contributed by atoms with Crippen LogP contribution in [0.25, 0.3) is 0 Å². The third-order valence-corrected chi connectivity index (χ3v) is 4.20. The van der Waals surface area contributed by atoms with Crippen molar-refractivity contribution in [2.75, 3.05) is 6.54 Å². The van der Waals surface area contributed by atoms with Gasteiger partial charge in [0, 0.05) is 19.5 Å². The van der Waals surface area contributed by atoms with Gasteiger partial charge in [0.05, 0.1) is 0 Å². The van der Waals surface area contributed by atoms with Gasteiger partial charge in [0.25, 0.3) is 0 Å². The second kappa shape index (κ2) is 6.16. The Morgan fingerprint density at radius 3 is 2.38 bits per heavy atom. The van der Waals surface area contributed by atoms with Crippen LogP contribution in [0.15, 0.2) is 24.3 Å². The van der Waals surface area contributed by atoms with Gasteiger partial charge in [-0.2, -0.15) is 0 Å². The van der Waals surface area contributed by atoms with Crippen molar-refractivity contribution in [2.45, 2.75) is 45.2 Å². The van der Waals surface area contributed by atoms with E-state index in [4.69, 9.17) is 0 Å². The highest BCUT2D eigenvalue weighted by Gasteiger charge is 2.41. The molecule has 114 valence electrons. The van der Waals surface area contributed by atoms with Crippen LogP contribution in [0.1, 0.15) is 38.7 Å². The Morgan fingerprint density at radius 2 is 1.81 bits per heavy atom. The zero-order chi connectivity index (χ0) is 15.5. The van der Waals surface area contributed by atoms with E-state index in [1.165, 1.54) is 0 Å². The highest BCUT2D eigenvalue weighted by molar-refractivity contribution is 5.93. The molecule has 0 saturated carbocycles. The van der Waals surface area contributed by atoms with Crippen LogP contribution < -0.4 is 5.32 Å². The van der Waals surface area contributed by atoms with E-state index in [1.807, 2.05) is 13.8 Å². The molecule has 2 amide bonds. The third-order valence-electron chi connectivity index (χ3n) is 4.20. The van der Waals surface area contributed by atoms with Crippen molar-refractivity contribution in [3.05, 3.63) is 29.8 Å². The monoisotopic (exact) mass is 290 g/mol. The molecule has 0 bridgehead atoms. The summed E-state index contributed by atoms with van der Waals surface area (Å²) >= 11 is 0. The molecule has 2 rings (SSSR count). The number of phenolic OH excluding ortho intramolecular Hbond substituents is 1. The van der Waals surface area contributed by atoms with Gasteiger partial charge in [0.1, 0.15) is 11.3 Å². The fourth-order valence-electron chi connectivity index (χ4n) is 2.73. The number of phenols is 1. The molecule has 0 radical (unpaired) electrons. The molecule has 0 unspecified atom stereocenters. The Bertz CT molecular complexity index is 521. The van der Waals surface area contributed by atoms with E-state index in [0.29, 0.717) is 32.4 Å². The summed E-state index contributed by atoms with van der Waals surface area (Å²) in [5, 5.41) is 12.2. The molecule has 0 spiro atoms. The quantitative estimate of drug-likeness (QED) is 0.888. The standard InChI is InChI=1S/C16H22N2O3/c1-3-16(4-2)15(21)18(10-9-14(20)17-16)11-12-5-7-13(19)8-6-12/h5-8,19H,3-4,9-11H2,1-2H3,(H,17,20). The maximum atomic E-state index is 12.8. The predicted octanol–water partition coefficient (Wildman–Crippen LogP) is 1.80. The number of rotatable bonds is 4. The fraction of sp³-hybridized carbons (Fsp3) is 0.500. The lowest BCUT2D eigenvalue weighted by Crippen LogP contribution is -2.56. The van der Waals surface area contributed by atoms with Crippen LogP contribution in [0.4, 0.5) is 0 Å². The Balaban J connectivity index is 2.23. The number of benzene rings is 1. The molecule has 1 aromatic rings. The summed E-state index contributed by atoms with van der Waals surface area (Å²) in [7, 11) is 0. The van der Waals surface area contributed by atoms with Gasteiger partial charge in [-0.3, -0.25) is 9.59 Å². The van der Waals surface area contributed by atoms with E-state index in [2.05, 4.69) is 5.32 Å². The van der Waals surface area contributed by atoms with E-state index in [-0.39, 0.29) is 17.6 Å². The molecule has 1 fully saturated rings. The molecule has 21 heavy (non-hydrogen) atoms. The van der Waals surface area contributed by atoms with Crippen molar-refractivity contribution in [1.82, 2.24) is 10.2 Å². The van der Waals surface area contributed by atoms with Crippen molar-refractivity contribution in [3.8, 4) is 5.75 Å². The normalized spacial score (nSPS) is 18.3. The van der Waals surface area contributed by atoms with Gasteiger partial charge >= 0.3 is 0 Å². The summed E-state index contributed by atoms with van der Waals surface area (Å²) in [5.41, 5.74) is 0.154. The van der Waals surface area contributed by atoms with Gasteiger partial charge in [0.2, 0.25) is 11.8 Å². The Morgan fingerprint density at radius 1 is 1.19 bits per heavy atom. The minimum absolute atomic E-state index is 0.0218. The molecule has 5 heteroatoms. The van der Waals surface area contributed by atoms with E-state index >= 15 is 0 Å². The minimum Gasteiger partial charge on any atom is -0.508 e. The lowest BCUT2D eigenvalue weighted by Gasteiger charge is -2.33. The lowest BCUT2D eigenvalue weighted by atomic mass is 9.91. The molecule has 1 heterocycles. The molecule has 1 aliphatic heterocycles. The molecular weight excluding hydrogens is 268 g/mol. The van der Waals surface area contributed by atoms with Crippen molar-refractivity contribution in [2.24, 2.45) is 0 Å². The number of hydrogen-bond acceptors (Lipinski definition) is 3. The molecule has 0 atom stereocenters. The van der Waals surface area contributed by atoms with Gasteiger partial charge in [-0.15, -0.1) is 0 Å². The largest absolute Gasteiger partial charge is 0.508 e. The van der Waals surface area contributed by atoms with Crippen molar-refractivity contribution in [1.29, 1.82) is 0 Å². The number of carbonyl (C=O) groups excluding carboxylic acids is 2. The number of hydrogen-bond donors (Lipinski definition) is 2. The summed E-state index contributed by atoms with van der Waals surface area (Å²) in [6.45, 7) is 4.72. The number of nitrogens with one attached hydrogen (secondary N) is 1. The van der Waals surface area contributed by atoms with Crippen LogP contribution in [0.5, 0.6) is 5.75 Å². The number of aromatic hydroxyl groups is 1. The molecule has 1 aliphatic rings. The van der Waals surface area contributed by atoms with Crippen LogP contribution >= 0.6 is 0 Å². The second-order valence-electron chi connectivity index (χ2n) is 5.48. The zero-order valence-corrected chi connectivity index (χ0v) is 12.6. The van der Waals surface area contributed by atoms with E-state index in [9.17, 15) is 14.7 Å². The van der Waals surface area contributed by atoms with Gasteiger partial charge in [-0.25, -0.2) is 0 Å². The van der Waals surface area contributed by atoms with Gasteiger partial charge in [-0.05, 0) is 30.5 Å². The van der Waals surface area contributed by atoms with Gasteiger partial charge in [-0.1, -0.05) is 26.0 Å². The average molecular weight is 290 g/mol. The second-order valence-corrected chi connectivity index (χ2v) is 5.48. The summed E-state index contributed by atoms with van der Waals surface area (Å²) in [6.07, 6.45) is 1.49. The lowest BCUT2D eigenvalue weighted by molar-refractivity contribution is -0.139. The maximum Gasteiger partial charge on any atom is 0.248 e. The Kier molecular flexibility index (Phi) is 4.50. The predicted molar refractivity (Wildman–Crippen MR) is 79.6 cm³/mol. The van der Waals surface area contributed by atoms with E-state index < -0.39 is 5.54 Å². The van der Waals surface area contributed by atoms with Crippen molar-refractivity contribution in [3.63, 3.8) is 0 Å². The molecule has 5 nitrogen and oxygen atoms in total. The van der Waals surface area contributed by atoms with E-state index in [0.717, 1.165) is 5.56 Å². The van der Waals surface area contributed by atoms with Crippen LogP contribution in [-0.4, -0.2) is 33.9 Å². The first-order valence-corrected chi connectivity index (χ1v) is 7.39. The minimum atomic E-state index is -0.787. The van der Waals surface area contributed by atoms with Gasteiger partial charge in [0.15, 0.2) is 0 Å². The van der Waals surface area contributed by atoms with Crippen LogP contribution in [0.3, 0.4) is 0 Å². The van der Waals surface area contributed by atoms with Crippen molar-refractivity contribution >= 4 is 11.8 Å². The summed E-state index contributed by atoms with van der Waals surface area (Å²) in [4.78, 5) is 26.4. The summed E-state index contributed by atoms with van der Waals surface area (Å²) < 4.78 is 0. The number of carbonyl (C=O) groups is 2. The first-order chi connectivity index (χ1) is 10.0. The van der Waals surface area contributed by atoms with Crippen molar-refractivity contribution < 1.29 is 14.7 Å². The van der Waals surface area contributed by atoms with Gasteiger partial charge < -0.3 is 15.3 Å². The highest BCUT2D eigenvalue weighted by Crippen LogP contribution is 2.23. The Hall–Kier alpha value is -2.04. The average Bonchev–Trinajstić information content (AvgIpc) is 2.61. The highest BCUT2D eigenvalue weighted by atomic mass is 16.3. The number of nitrogens with zero attached hydrogens (tertiary/aromatic N) is 1. The van der Waals surface area contributed by atoms with Crippen LogP contribution in [0, 0.1) is 0 Å². The molecule has 1 saturated heterocycles. The molecule has 0 aromatic heterocycles. The Labute approximate surface area is 125 Å². The third kappa shape index (κ3) is 3.17. The topological polar surface area (TPSA) is 69.6 Å². The molecule has 1 aromatic carbocycles. The first kappa shape index (κ1) is 15.4. The van der Waals surface area contributed by atoms with Crippen LogP contribution in [-0.2, 0) is 16.1 Å². The molecule has 0 aliphatic carbocycles. The number of amides is 2. The van der Waals surface area contributed by atoms with Crippen LogP contribution in [0.2, 0.25) is 0 Å². The molecule has 2 N–H and O–H groups in total. The molecular formula is C16H22N2O3. The SMILES string of the molecule is CCC1(CC)NC(=O)CCN(Cc2ccc(O)cc2)C1=O.